The normalized spacial score (nSPS) is 13.9. The molecule has 0 saturated carbocycles. The third kappa shape index (κ3) is 4.94. The minimum atomic E-state index is -0.532. The molecule has 2 atom stereocenters. The summed E-state index contributed by atoms with van der Waals surface area (Å²) in [4.78, 5) is 0. The second kappa shape index (κ2) is 7.32. The SMILES string of the molecule is CC(CCc1ccccc1)NC(C)c1cc(F)cc(F)c1. The summed E-state index contributed by atoms with van der Waals surface area (Å²) in [5, 5.41) is 3.39. The van der Waals surface area contributed by atoms with E-state index in [4.69, 9.17) is 0 Å². The van der Waals surface area contributed by atoms with Crippen LogP contribution in [0.15, 0.2) is 48.5 Å². The van der Waals surface area contributed by atoms with E-state index in [1.807, 2.05) is 25.1 Å². The van der Waals surface area contributed by atoms with Crippen molar-refractivity contribution in [2.24, 2.45) is 0 Å². The lowest BCUT2D eigenvalue weighted by Gasteiger charge is -2.20. The molecule has 1 nitrogen and oxygen atoms in total. The predicted molar refractivity (Wildman–Crippen MR) is 82.1 cm³/mol. The van der Waals surface area contributed by atoms with Gasteiger partial charge in [0.15, 0.2) is 0 Å². The van der Waals surface area contributed by atoms with Gasteiger partial charge < -0.3 is 5.32 Å². The first-order valence-electron chi connectivity index (χ1n) is 7.30. The number of halogens is 2. The molecule has 3 heteroatoms. The van der Waals surface area contributed by atoms with Crippen molar-refractivity contribution in [3.05, 3.63) is 71.3 Å². The molecular weight excluding hydrogens is 268 g/mol. The van der Waals surface area contributed by atoms with Crippen LogP contribution in [0.3, 0.4) is 0 Å². The summed E-state index contributed by atoms with van der Waals surface area (Å²) < 4.78 is 26.5. The zero-order chi connectivity index (χ0) is 15.2. The number of hydrogen-bond acceptors (Lipinski definition) is 1. The Morgan fingerprint density at radius 2 is 1.57 bits per heavy atom. The minimum absolute atomic E-state index is 0.0824. The second-order valence-electron chi connectivity index (χ2n) is 5.52. The Hall–Kier alpha value is -1.74. The smallest absolute Gasteiger partial charge is 0.126 e. The fourth-order valence-corrected chi connectivity index (χ4v) is 2.46. The quantitative estimate of drug-likeness (QED) is 0.817. The van der Waals surface area contributed by atoms with Crippen molar-refractivity contribution in [1.82, 2.24) is 5.32 Å². The summed E-state index contributed by atoms with van der Waals surface area (Å²) in [5.41, 5.74) is 1.94. The number of rotatable bonds is 6. The summed E-state index contributed by atoms with van der Waals surface area (Å²) in [6.07, 6.45) is 1.96. The average Bonchev–Trinajstić information content (AvgIpc) is 2.45. The summed E-state index contributed by atoms with van der Waals surface area (Å²) in [5.74, 6) is -1.06. The summed E-state index contributed by atoms with van der Waals surface area (Å²) in [7, 11) is 0. The first-order valence-corrected chi connectivity index (χ1v) is 7.30. The molecule has 0 bridgehead atoms. The van der Waals surface area contributed by atoms with Gasteiger partial charge in [-0.1, -0.05) is 30.3 Å². The lowest BCUT2D eigenvalue weighted by molar-refractivity contribution is 0.452. The van der Waals surface area contributed by atoms with Crippen LogP contribution in [-0.2, 0) is 6.42 Å². The number of benzene rings is 2. The van der Waals surface area contributed by atoms with E-state index in [0.717, 1.165) is 18.9 Å². The lowest BCUT2D eigenvalue weighted by atomic mass is 10.0. The van der Waals surface area contributed by atoms with Crippen molar-refractivity contribution in [2.45, 2.75) is 38.8 Å². The van der Waals surface area contributed by atoms with E-state index < -0.39 is 11.6 Å². The molecule has 0 radical (unpaired) electrons. The Labute approximate surface area is 125 Å². The van der Waals surface area contributed by atoms with E-state index in [1.165, 1.54) is 17.7 Å². The number of aryl methyl sites for hydroxylation is 1. The molecule has 0 spiro atoms. The highest BCUT2D eigenvalue weighted by Crippen LogP contribution is 2.17. The zero-order valence-electron chi connectivity index (χ0n) is 12.4. The molecule has 1 N–H and O–H groups in total. The molecule has 112 valence electrons. The van der Waals surface area contributed by atoms with Crippen LogP contribution in [0.1, 0.15) is 37.4 Å². The molecule has 2 unspecified atom stereocenters. The van der Waals surface area contributed by atoms with Gasteiger partial charge in [0.25, 0.3) is 0 Å². The molecule has 0 amide bonds. The van der Waals surface area contributed by atoms with Crippen molar-refractivity contribution in [3.63, 3.8) is 0 Å². The van der Waals surface area contributed by atoms with Crippen molar-refractivity contribution >= 4 is 0 Å². The molecule has 0 fully saturated rings. The van der Waals surface area contributed by atoms with Crippen LogP contribution in [0.4, 0.5) is 8.78 Å². The highest BCUT2D eigenvalue weighted by atomic mass is 19.1. The third-order valence-corrected chi connectivity index (χ3v) is 3.63. The molecule has 0 aliphatic heterocycles. The van der Waals surface area contributed by atoms with Gasteiger partial charge >= 0.3 is 0 Å². The molecule has 2 rings (SSSR count). The maximum atomic E-state index is 13.2. The average molecular weight is 289 g/mol. The molecule has 0 aliphatic carbocycles. The summed E-state index contributed by atoms with van der Waals surface area (Å²) in [6, 6.07) is 14.1. The fraction of sp³-hybridized carbons (Fsp3) is 0.333. The van der Waals surface area contributed by atoms with Crippen LogP contribution in [0.25, 0.3) is 0 Å². The third-order valence-electron chi connectivity index (χ3n) is 3.63. The highest BCUT2D eigenvalue weighted by Gasteiger charge is 2.11. The van der Waals surface area contributed by atoms with Gasteiger partial charge in [0.05, 0.1) is 0 Å². The second-order valence-corrected chi connectivity index (χ2v) is 5.52. The van der Waals surface area contributed by atoms with Gasteiger partial charge in [-0.05, 0) is 49.9 Å². The van der Waals surface area contributed by atoms with Crippen LogP contribution >= 0.6 is 0 Å². The van der Waals surface area contributed by atoms with Crippen LogP contribution in [-0.4, -0.2) is 6.04 Å². The van der Waals surface area contributed by atoms with Gasteiger partial charge in [-0.25, -0.2) is 8.78 Å². The molecule has 21 heavy (non-hydrogen) atoms. The zero-order valence-corrected chi connectivity index (χ0v) is 12.4. The van der Waals surface area contributed by atoms with E-state index in [0.29, 0.717) is 5.56 Å². The van der Waals surface area contributed by atoms with Crippen LogP contribution in [0.5, 0.6) is 0 Å². The maximum absolute atomic E-state index is 13.2. The Balaban J connectivity index is 1.88. The summed E-state index contributed by atoms with van der Waals surface area (Å²) in [6.45, 7) is 4.02. The molecule has 0 heterocycles. The van der Waals surface area contributed by atoms with Gasteiger partial charge in [-0.15, -0.1) is 0 Å². The number of hydrogen-bond donors (Lipinski definition) is 1. The van der Waals surface area contributed by atoms with Crippen LogP contribution < -0.4 is 5.32 Å². The first-order chi connectivity index (χ1) is 10.0. The van der Waals surface area contributed by atoms with Gasteiger partial charge in [0, 0.05) is 18.2 Å². The van der Waals surface area contributed by atoms with Crippen molar-refractivity contribution in [1.29, 1.82) is 0 Å². The molecule has 0 saturated heterocycles. The molecule has 2 aromatic carbocycles. The van der Waals surface area contributed by atoms with E-state index >= 15 is 0 Å². The number of nitrogens with one attached hydrogen (secondary N) is 1. The monoisotopic (exact) mass is 289 g/mol. The van der Waals surface area contributed by atoms with E-state index in [2.05, 4.69) is 24.4 Å². The van der Waals surface area contributed by atoms with Gasteiger partial charge in [0.1, 0.15) is 11.6 Å². The molecule has 0 aromatic heterocycles. The largest absolute Gasteiger partial charge is 0.308 e. The molecular formula is C18H21F2N. The fourth-order valence-electron chi connectivity index (χ4n) is 2.46. The van der Waals surface area contributed by atoms with Crippen LogP contribution in [0, 0.1) is 11.6 Å². The standard InChI is InChI=1S/C18H21F2N/c1-13(8-9-15-6-4-3-5-7-15)21-14(2)16-10-17(19)12-18(20)11-16/h3-7,10-14,21H,8-9H2,1-2H3. The van der Waals surface area contributed by atoms with Gasteiger partial charge in [-0.3, -0.25) is 0 Å². The molecule has 0 aliphatic rings. The Kier molecular flexibility index (Phi) is 5.45. The highest BCUT2D eigenvalue weighted by molar-refractivity contribution is 5.21. The van der Waals surface area contributed by atoms with Crippen molar-refractivity contribution < 1.29 is 8.78 Å². The predicted octanol–water partition coefficient (Wildman–Crippen LogP) is 4.64. The van der Waals surface area contributed by atoms with E-state index in [9.17, 15) is 8.78 Å². The maximum Gasteiger partial charge on any atom is 0.126 e. The summed E-state index contributed by atoms with van der Waals surface area (Å²) >= 11 is 0. The van der Waals surface area contributed by atoms with Crippen LogP contribution in [0.2, 0.25) is 0 Å². The van der Waals surface area contributed by atoms with E-state index in [-0.39, 0.29) is 12.1 Å². The molecule has 2 aromatic rings. The topological polar surface area (TPSA) is 12.0 Å². The Morgan fingerprint density at radius 1 is 0.952 bits per heavy atom. The van der Waals surface area contributed by atoms with Gasteiger partial charge in [0.2, 0.25) is 0 Å². The Bertz CT molecular complexity index is 548. The van der Waals surface area contributed by atoms with Crippen molar-refractivity contribution in [2.75, 3.05) is 0 Å². The minimum Gasteiger partial charge on any atom is -0.308 e. The Morgan fingerprint density at radius 3 is 2.19 bits per heavy atom. The lowest BCUT2D eigenvalue weighted by Crippen LogP contribution is -2.29. The van der Waals surface area contributed by atoms with E-state index in [1.54, 1.807) is 0 Å². The van der Waals surface area contributed by atoms with Crippen molar-refractivity contribution in [3.8, 4) is 0 Å². The first kappa shape index (κ1) is 15.6. The van der Waals surface area contributed by atoms with Gasteiger partial charge in [-0.2, -0.15) is 0 Å².